The number of fused-ring (bicyclic) bond motifs is 9. The van der Waals surface area contributed by atoms with Crippen LogP contribution in [0, 0.1) is 0 Å². The highest BCUT2D eigenvalue weighted by atomic mass is 14.2. The molecule has 0 spiro atoms. The van der Waals surface area contributed by atoms with Crippen LogP contribution in [0.4, 0.5) is 0 Å². The SMILES string of the molecule is N.c1ccc2c(c1)Cc1ccccc1-2.c1ccc2c(c1)Cc1ccccc1-2.c1ccc2c(c1)Cc1ccccc1-2. The fourth-order valence-corrected chi connectivity index (χ4v) is 6.24. The molecule has 1 heteroatoms. The van der Waals surface area contributed by atoms with Crippen molar-refractivity contribution < 1.29 is 0 Å². The molecule has 0 amide bonds. The van der Waals surface area contributed by atoms with Gasteiger partial charge in [-0.05, 0) is 86.0 Å². The van der Waals surface area contributed by atoms with Crippen LogP contribution in [0.25, 0.3) is 33.4 Å². The first kappa shape index (κ1) is 25.6. The van der Waals surface area contributed by atoms with Crippen LogP contribution in [-0.2, 0) is 19.3 Å². The molecule has 0 radical (unpaired) electrons. The van der Waals surface area contributed by atoms with E-state index in [2.05, 4.69) is 146 Å². The van der Waals surface area contributed by atoms with Gasteiger partial charge in [0.25, 0.3) is 0 Å². The Kier molecular flexibility index (Phi) is 7.14. The number of hydrogen-bond donors (Lipinski definition) is 1. The summed E-state index contributed by atoms with van der Waals surface area (Å²) in [6.45, 7) is 0. The largest absolute Gasteiger partial charge is 0.344 e. The van der Waals surface area contributed by atoms with E-state index in [9.17, 15) is 0 Å². The highest BCUT2D eigenvalue weighted by molar-refractivity contribution is 5.78. The zero-order valence-electron chi connectivity index (χ0n) is 22.7. The highest BCUT2D eigenvalue weighted by Gasteiger charge is 2.17. The minimum Gasteiger partial charge on any atom is -0.344 e. The molecule has 0 fully saturated rings. The minimum absolute atomic E-state index is 0. The molecule has 6 aromatic rings. The van der Waals surface area contributed by atoms with Crippen molar-refractivity contribution in [1.29, 1.82) is 0 Å². The predicted molar refractivity (Wildman–Crippen MR) is 169 cm³/mol. The third-order valence-electron chi connectivity index (χ3n) is 8.12. The van der Waals surface area contributed by atoms with Gasteiger partial charge in [-0.3, -0.25) is 0 Å². The molecule has 40 heavy (non-hydrogen) atoms. The van der Waals surface area contributed by atoms with Gasteiger partial charge >= 0.3 is 0 Å². The van der Waals surface area contributed by atoms with Gasteiger partial charge in [-0.15, -0.1) is 0 Å². The average Bonchev–Trinajstić information content (AvgIpc) is 3.69. The van der Waals surface area contributed by atoms with Crippen LogP contribution >= 0.6 is 0 Å². The van der Waals surface area contributed by atoms with Gasteiger partial charge in [0, 0.05) is 0 Å². The summed E-state index contributed by atoms with van der Waals surface area (Å²) in [5, 5.41) is 0. The molecular weight excluding hydrogens is 482 g/mol. The van der Waals surface area contributed by atoms with Crippen LogP contribution in [0.2, 0.25) is 0 Å². The Morgan fingerprint density at radius 3 is 0.550 bits per heavy atom. The Morgan fingerprint density at radius 2 is 0.375 bits per heavy atom. The molecule has 0 aliphatic heterocycles. The molecule has 6 aromatic carbocycles. The van der Waals surface area contributed by atoms with Crippen molar-refractivity contribution in [3.05, 3.63) is 179 Å². The molecular formula is C39H33N. The molecule has 0 saturated heterocycles. The van der Waals surface area contributed by atoms with E-state index in [1.165, 1.54) is 66.8 Å². The Morgan fingerprint density at radius 1 is 0.225 bits per heavy atom. The standard InChI is InChI=1S/3C13H10.H3N/c3*1-3-7-12-10(5-1)9-11-6-2-4-8-13(11)12;/h3*1-8H,9H2;1H3. The van der Waals surface area contributed by atoms with Crippen LogP contribution in [0.1, 0.15) is 33.4 Å². The molecule has 0 heterocycles. The van der Waals surface area contributed by atoms with Crippen LogP contribution in [-0.4, -0.2) is 0 Å². The zero-order valence-corrected chi connectivity index (χ0v) is 22.7. The van der Waals surface area contributed by atoms with Crippen molar-refractivity contribution >= 4 is 0 Å². The lowest BCUT2D eigenvalue weighted by molar-refractivity contribution is 1.26. The molecule has 1 nitrogen and oxygen atoms in total. The quantitative estimate of drug-likeness (QED) is 0.214. The topological polar surface area (TPSA) is 35.0 Å². The maximum absolute atomic E-state index is 2.22. The second-order valence-electron chi connectivity index (χ2n) is 10.5. The molecule has 3 N–H and O–H groups in total. The van der Waals surface area contributed by atoms with Crippen LogP contribution in [0.5, 0.6) is 0 Å². The van der Waals surface area contributed by atoms with Gasteiger partial charge in [0.05, 0.1) is 0 Å². The van der Waals surface area contributed by atoms with Crippen molar-refractivity contribution in [3.8, 4) is 33.4 Å². The van der Waals surface area contributed by atoms with Crippen LogP contribution in [0.15, 0.2) is 146 Å². The minimum atomic E-state index is 0. The van der Waals surface area contributed by atoms with Crippen molar-refractivity contribution in [2.24, 2.45) is 0 Å². The fraction of sp³-hybridized carbons (Fsp3) is 0.0769. The van der Waals surface area contributed by atoms with E-state index >= 15 is 0 Å². The van der Waals surface area contributed by atoms with Gasteiger partial charge in [0.15, 0.2) is 0 Å². The van der Waals surface area contributed by atoms with E-state index in [1.807, 2.05) is 0 Å². The van der Waals surface area contributed by atoms with Gasteiger partial charge in [0.1, 0.15) is 0 Å². The number of benzene rings is 6. The van der Waals surface area contributed by atoms with E-state index < -0.39 is 0 Å². The van der Waals surface area contributed by atoms with Crippen molar-refractivity contribution in [2.75, 3.05) is 0 Å². The Bertz CT molecular complexity index is 1450. The van der Waals surface area contributed by atoms with Gasteiger partial charge in [-0.25, -0.2) is 0 Å². The molecule has 0 saturated carbocycles. The first-order valence-corrected chi connectivity index (χ1v) is 13.8. The average molecular weight is 516 g/mol. The van der Waals surface area contributed by atoms with Gasteiger partial charge < -0.3 is 6.15 Å². The van der Waals surface area contributed by atoms with Gasteiger partial charge in [-0.1, -0.05) is 146 Å². The molecule has 3 aliphatic rings. The lowest BCUT2D eigenvalue weighted by Gasteiger charge is -1.98. The molecule has 0 aromatic heterocycles. The second-order valence-corrected chi connectivity index (χ2v) is 10.5. The normalized spacial score (nSPS) is 12.0. The maximum Gasteiger partial charge on any atom is -0.00135 e. The summed E-state index contributed by atoms with van der Waals surface area (Å²) in [6, 6.07) is 51.9. The van der Waals surface area contributed by atoms with Crippen molar-refractivity contribution in [3.63, 3.8) is 0 Å². The molecule has 0 atom stereocenters. The predicted octanol–water partition coefficient (Wildman–Crippen LogP) is 9.94. The van der Waals surface area contributed by atoms with Crippen molar-refractivity contribution in [1.82, 2.24) is 6.15 Å². The van der Waals surface area contributed by atoms with Crippen LogP contribution < -0.4 is 6.15 Å². The zero-order chi connectivity index (χ0) is 26.0. The summed E-state index contributed by atoms with van der Waals surface area (Å²) in [4.78, 5) is 0. The number of rotatable bonds is 0. The monoisotopic (exact) mass is 515 g/mol. The van der Waals surface area contributed by atoms with Crippen LogP contribution in [0.3, 0.4) is 0 Å². The summed E-state index contributed by atoms with van der Waals surface area (Å²) >= 11 is 0. The van der Waals surface area contributed by atoms with Gasteiger partial charge in [-0.2, -0.15) is 0 Å². The smallest absolute Gasteiger partial charge is 0.00135 e. The third kappa shape index (κ3) is 4.77. The summed E-state index contributed by atoms with van der Waals surface area (Å²) in [6.07, 6.45) is 3.31. The van der Waals surface area contributed by atoms with Crippen molar-refractivity contribution in [2.45, 2.75) is 19.3 Å². The Hall–Kier alpha value is -4.72. The molecule has 9 rings (SSSR count). The summed E-state index contributed by atoms with van der Waals surface area (Å²) in [5.41, 5.74) is 17.3. The first-order valence-electron chi connectivity index (χ1n) is 13.8. The third-order valence-corrected chi connectivity index (χ3v) is 8.12. The maximum atomic E-state index is 2.22. The lowest BCUT2D eigenvalue weighted by Crippen LogP contribution is -1.77. The summed E-state index contributed by atoms with van der Waals surface area (Å²) in [7, 11) is 0. The van der Waals surface area contributed by atoms with E-state index in [4.69, 9.17) is 0 Å². The van der Waals surface area contributed by atoms with E-state index in [-0.39, 0.29) is 6.15 Å². The molecule has 0 bridgehead atoms. The Labute approximate surface area is 237 Å². The lowest BCUT2D eigenvalue weighted by atomic mass is 10.1. The first-order chi connectivity index (χ1) is 19.3. The number of hydrogen-bond acceptors (Lipinski definition) is 1. The second kappa shape index (κ2) is 11.2. The molecule has 194 valence electrons. The van der Waals surface area contributed by atoms with E-state index in [1.54, 1.807) is 0 Å². The fourth-order valence-electron chi connectivity index (χ4n) is 6.24. The molecule has 3 aliphatic carbocycles. The molecule has 0 unspecified atom stereocenters. The van der Waals surface area contributed by atoms with Gasteiger partial charge in [0.2, 0.25) is 0 Å². The highest BCUT2D eigenvalue weighted by Crippen LogP contribution is 2.37. The summed E-state index contributed by atoms with van der Waals surface area (Å²) < 4.78 is 0. The Balaban J connectivity index is 0.000000107. The summed E-state index contributed by atoms with van der Waals surface area (Å²) in [5.74, 6) is 0. The van der Waals surface area contributed by atoms with E-state index in [0.29, 0.717) is 0 Å². The van der Waals surface area contributed by atoms with E-state index in [0.717, 1.165) is 19.3 Å².